The summed E-state index contributed by atoms with van der Waals surface area (Å²) in [6.45, 7) is 4.94. The van der Waals surface area contributed by atoms with E-state index in [4.69, 9.17) is 9.47 Å². The van der Waals surface area contributed by atoms with Gasteiger partial charge in [-0.3, -0.25) is 9.59 Å². The van der Waals surface area contributed by atoms with E-state index in [9.17, 15) is 14.0 Å². The van der Waals surface area contributed by atoms with Crippen molar-refractivity contribution in [2.45, 2.75) is 39.0 Å². The standard InChI is InChI=1S/C26H27FN4O4S2/c1-5-22-23(18-8-11-20(34-4)21(12-18)35-14-27)30-31(26(33)37-22)13-17-6-9-19(10-7-17)29-25(32)24-15(2)28-16(3)36-24/h6-12,22H,5,13-14H2,1-4H3,(H,29,32). The number of hydrogen-bond acceptors (Lipinski definition) is 8. The number of benzene rings is 2. The van der Waals surface area contributed by atoms with Gasteiger partial charge in [-0.1, -0.05) is 30.8 Å². The van der Waals surface area contributed by atoms with Crippen molar-refractivity contribution in [1.82, 2.24) is 9.99 Å². The molecule has 11 heteroatoms. The van der Waals surface area contributed by atoms with Crippen LogP contribution in [0, 0.1) is 13.8 Å². The molecule has 1 N–H and O–H groups in total. The van der Waals surface area contributed by atoms with Crippen molar-refractivity contribution in [3.8, 4) is 11.5 Å². The molecule has 194 valence electrons. The number of nitrogens with one attached hydrogen (secondary N) is 1. The fourth-order valence-electron chi connectivity index (χ4n) is 3.90. The topological polar surface area (TPSA) is 93.1 Å². The summed E-state index contributed by atoms with van der Waals surface area (Å²) >= 11 is 2.56. The van der Waals surface area contributed by atoms with Crippen LogP contribution in [0.2, 0.25) is 0 Å². The first-order valence-corrected chi connectivity index (χ1v) is 13.3. The summed E-state index contributed by atoms with van der Waals surface area (Å²) in [6, 6.07) is 12.5. The minimum Gasteiger partial charge on any atom is -0.493 e. The van der Waals surface area contributed by atoms with Gasteiger partial charge in [0.2, 0.25) is 6.86 Å². The molecule has 0 saturated carbocycles. The third-order valence-corrected chi connectivity index (χ3v) is 8.01. The van der Waals surface area contributed by atoms with Gasteiger partial charge < -0.3 is 14.8 Å². The second kappa shape index (κ2) is 11.7. The number of thioether (sulfide) groups is 1. The minimum atomic E-state index is -0.983. The molecule has 0 bridgehead atoms. The number of halogens is 1. The molecule has 0 aliphatic carbocycles. The van der Waals surface area contributed by atoms with Gasteiger partial charge in [0, 0.05) is 11.3 Å². The molecule has 0 radical (unpaired) electrons. The summed E-state index contributed by atoms with van der Waals surface area (Å²) in [5.74, 6) is 0.489. The Balaban J connectivity index is 1.52. The van der Waals surface area contributed by atoms with Crippen LogP contribution in [0.5, 0.6) is 11.5 Å². The molecule has 0 saturated heterocycles. The third kappa shape index (κ3) is 6.11. The van der Waals surface area contributed by atoms with Crippen LogP contribution in [-0.2, 0) is 6.54 Å². The third-order valence-electron chi connectivity index (χ3n) is 5.68. The van der Waals surface area contributed by atoms with Crippen molar-refractivity contribution in [2.24, 2.45) is 5.10 Å². The first-order chi connectivity index (χ1) is 17.8. The average molecular weight is 543 g/mol. The second-order valence-electron chi connectivity index (χ2n) is 8.24. The van der Waals surface area contributed by atoms with Crippen molar-refractivity contribution >= 4 is 45.6 Å². The Hall–Kier alpha value is -3.44. The van der Waals surface area contributed by atoms with Gasteiger partial charge in [0.1, 0.15) is 4.88 Å². The predicted octanol–water partition coefficient (Wildman–Crippen LogP) is 6.18. The summed E-state index contributed by atoms with van der Waals surface area (Å²) in [4.78, 5) is 30.3. The molecular formula is C26H27FN4O4S2. The molecule has 1 aliphatic rings. The summed E-state index contributed by atoms with van der Waals surface area (Å²) < 4.78 is 23.2. The molecule has 2 amide bonds. The molecule has 8 nitrogen and oxygen atoms in total. The summed E-state index contributed by atoms with van der Waals surface area (Å²) in [5, 5.41) is 9.52. The number of ether oxygens (including phenoxy) is 2. The largest absolute Gasteiger partial charge is 0.493 e. The highest BCUT2D eigenvalue weighted by Gasteiger charge is 2.30. The van der Waals surface area contributed by atoms with E-state index in [0.29, 0.717) is 34.1 Å². The fourth-order valence-corrected chi connectivity index (χ4v) is 5.64. The quantitative estimate of drug-likeness (QED) is 0.347. The van der Waals surface area contributed by atoms with E-state index in [1.54, 1.807) is 24.3 Å². The molecule has 3 aromatic rings. The number of carbonyl (C=O) groups excluding carboxylic acids is 2. The summed E-state index contributed by atoms with van der Waals surface area (Å²) in [6.07, 6.45) is 0.696. The van der Waals surface area contributed by atoms with Gasteiger partial charge in [-0.05, 0) is 56.2 Å². The number of aromatic nitrogens is 1. The molecule has 1 unspecified atom stereocenters. The van der Waals surface area contributed by atoms with Gasteiger partial charge in [0.15, 0.2) is 11.5 Å². The molecule has 4 rings (SSSR count). The number of nitrogens with zero attached hydrogens (tertiary/aromatic N) is 3. The Morgan fingerprint density at radius 1 is 1.16 bits per heavy atom. The van der Waals surface area contributed by atoms with Crippen LogP contribution in [0.4, 0.5) is 14.9 Å². The van der Waals surface area contributed by atoms with Crippen LogP contribution in [0.15, 0.2) is 47.6 Å². The number of alkyl halides is 1. The molecule has 37 heavy (non-hydrogen) atoms. The normalized spacial score (nSPS) is 15.4. The van der Waals surface area contributed by atoms with E-state index >= 15 is 0 Å². The van der Waals surface area contributed by atoms with Crippen molar-refractivity contribution in [2.75, 3.05) is 19.3 Å². The zero-order chi connectivity index (χ0) is 26.5. The van der Waals surface area contributed by atoms with Gasteiger partial charge >= 0.3 is 5.24 Å². The smallest absolute Gasteiger partial charge is 0.302 e. The molecule has 1 aromatic heterocycles. The maximum absolute atomic E-state index is 12.9. The SMILES string of the molecule is CCC1SC(=O)N(Cc2ccc(NC(=O)c3sc(C)nc3C)cc2)N=C1c1ccc(OC)c(OCF)c1. The Morgan fingerprint density at radius 2 is 1.92 bits per heavy atom. The number of rotatable bonds is 9. The summed E-state index contributed by atoms with van der Waals surface area (Å²) in [7, 11) is 1.49. The summed E-state index contributed by atoms with van der Waals surface area (Å²) in [5.41, 5.74) is 3.64. The number of methoxy groups -OCH3 is 1. The Kier molecular flexibility index (Phi) is 8.45. The van der Waals surface area contributed by atoms with E-state index in [2.05, 4.69) is 15.4 Å². The average Bonchev–Trinajstić information content (AvgIpc) is 3.24. The van der Waals surface area contributed by atoms with Crippen LogP contribution in [0.25, 0.3) is 0 Å². The first kappa shape index (κ1) is 26.6. The molecule has 1 aliphatic heterocycles. The number of hydrogen-bond donors (Lipinski definition) is 1. The molecule has 2 aromatic carbocycles. The van der Waals surface area contributed by atoms with Crippen molar-refractivity contribution < 1.29 is 23.5 Å². The Labute approximate surface area is 222 Å². The van der Waals surface area contributed by atoms with Gasteiger partial charge in [-0.2, -0.15) is 5.10 Å². The zero-order valence-corrected chi connectivity index (χ0v) is 22.5. The van der Waals surface area contributed by atoms with Crippen LogP contribution < -0.4 is 14.8 Å². The van der Waals surface area contributed by atoms with E-state index in [1.165, 1.54) is 35.2 Å². The lowest BCUT2D eigenvalue weighted by Crippen LogP contribution is -2.34. The first-order valence-electron chi connectivity index (χ1n) is 11.6. The van der Waals surface area contributed by atoms with Gasteiger partial charge in [-0.25, -0.2) is 14.4 Å². The van der Waals surface area contributed by atoms with Gasteiger partial charge in [-0.15, -0.1) is 11.3 Å². The lowest BCUT2D eigenvalue weighted by atomic mass is 10.0. The lowest BCUT2D eigenvalue weighted by molar-refractivity contribution is 0.102. The Morgan fingerprint density at radius 3 is 2.54 bits per heavy atom. The van der Waals surface area contributed by atoms with Crippen molar-refractivity contribution in [1.29, 1.82) is 0 Å². The molecule has 0 spiro atoms. The molecule has 2 heterocycles. The number of thiazole rings is 1. The number of anilines is 1. The minimum absolute atomic E-state index is 0.146. The van der Waals surface area contributed by atoms with E-state index in [0.717, 1.165) is 16.1 Å². The van der Waals surface area contributed by atoms with Gasteiger partial charge in [0.25, 0.3) is 5.91 Å². The number of amides is 2. The maximum atomic E-state index is 12.9. The number of hydrazone groups is 1. The van der Waals surface area contributed by atoms with E-state index in [-0.39, 0.29) is 28.7 Å². The monoisotopic (exact) mass is 542 g/mol. The van der Waals surface area contributed by atoms with E-state index in [1.807, 2.05) is 39.0 Å². The highest BCUT2D eigenvalue weighted by Crippen LogP contribution is 2.34. The zero-order valence-electron chi connectivity index (χ0n) is 20.9. The molecular weight excluding hydrogens is 515 g/mol. The maximum Gasteiger partial charge on any atom is 0.302 e. The predicted molar refractivity (Wildman–Crippen MR) is 145 cm³/mol. The van der Waals surface area contributed by atoms with Crippen LogP contribution in [0.1, 0.15) is 44.8 Å². The number of aryl methyl sites for hydroxylation is 2. The number of carbonyl (C=O) groups is 2. The van der Waals surface area contributed by atoms with Crippen LogP contribution in [-0.4, -0.2) is 46.1 Å². The lowest BCUT2D eigenvalue weighted by Gasteiger charge is -2.28. The highest BCUT2D eigenvalue weighted by molar-refractivity contribution is 8.14. The van der Waals surface area contributed by atoms with Gasteiger partial charge in [0.05, 0.1) is 35.3 Å². The van der Waals surface area contributed by atoms with Crippen molar-refractivity contribution in [3.05, 3.63) is 69.2 Å². The van der Waals surface area contributed by atoms with Crippen LogP contribution >= 0.6 is 23.1 Å². The van der Waals surface area contributed by atoms with E-state index < -0.39 is 6.86 Å². The molecule has 0 fully saturated rings. The Bertz CT molecular complexity index is 1330. The van der Waals surface area contributed by atoms with Crippen molar-refractivity contribution in [3.63, 3.8) is 0 Å². The highest BCUT2D eigenvalue weighted by atomic mass is 32.2. The van der Waals surface area contributed by atoms with Crippen LogP contribution in [0.3, 0.4) is 0 Å². The fraction of sp³-hybridized carbons (Fsp3) is 0.308. The molecule has 1 atom stereocenters. The second-order valence-corrected chi connectivity index (χ2v) is 10.6.